The van der Waals surface area contributed by atoms with Crippen LogP contribution in [0.3, 0.4) is 0 Å². The molecule has 1 fully saturated rings. The third-order valence-electron chi connectivity index (χ3n) is 3.91. The largest absolute Gasteiger partial charge is 0.491 e. The summed E-state index contributed by atoms with van der Waals surface area (Å²) < 4.78 is 11.3. The molecule has 21 heavy (non-hydrogen) atoms. The summed E-state index contributed by atoms with van der Waals surface area (Å²) in [5.41, 5.74) is 6.95. The van der Waals surface area contributed by atoms with Gasteiger partial charge in [-0.25, -0.2) is 0 Å². The van der Waals surface area contributed by atoms with Crippen LogP contribution in [-0.4, -0.2) is 43.9 Å². The van der Waals surface area contributed by atoms with E-state index in [9.17, 15) is 0 Å². The van der Waals surface area contributed by atoms with Gasteiger partial charge in [0.2, 0.25) is 0 Å². The molecule has 2 unspecified atom stereocenters. The van der Waals surface area contributed by atoms with Crippen LogP contribution in [0.2, 0.25) is 0 Å². The second-order valence-electron chi connectivity index (χ2n) is 5.59. The highest BCUT2D eigenvalue weighted by atomic mass is 35.5. The average molecular weight is 315 g/mol. The smallest absolute Gasteiger partial charge is 0.119 e. The van der Waals surface area contributed by atoms with Gasteiger partial charge in [-0.1, -0.05) is 12.1 Å². The van der Waals surface area contributed by atoms with Crippen molar-refractivity contribution in [3.05, 3.63) is 29.8 Å². The lowest BCUT2D eigenvalue weighted by molar-refractivity contribution is 0.0679. The normalized spacial score (nSPS) is 19.3. The molecule has 1 saturated heterocycles. The van der Waals surface area contributed by atoms with E-state index in [1.54, 1.807) is 0 Å². The molecule has 0 aliphatic carbocycles. The number of likely N-dealkylation sites (N-methyl/N-ethyl adjacent to an activating group) is 1. The van der Waals surface area contributed by atoms with Crippen LogP contribution < -0.4 is 10.5 Å². The van der Waals surface area contributed by atoms with Crippen LogP contribution in [0.4, 0.5) is 0 Å². The molecule has 1 aliphatic heterocycles. The number of nitrogens with zero attached hydrogens (tertiary/aromatic N) is 1. The standard InChI is InChI=1S/C16H26N2O2.ClH/c1-13(10-17)18(2)11-14-5-7-15(8-6-14)20-12-16-4-3-9-19-16;/h5-8,13,16H,3-4,9-12,17H2,1-2H3;1H. The van der Waals surface area contributed by atoms with Crippen LogP contribution >= 0.6 is 12.4 Å². The Morgan fingerprint density at radius 3 is 2.67 bits per heavy atom. The van der Waals surface area contributed by atoms with E-state index in [1.165, 1.54) is 5.56 Å². The molecule has 1 aromatic carbocycles. The van der Waals surface area contributed by atoms with Crippen molar-refractivity contribution in [3.8, 4) is 5.75 Å². The van der Waals surface area contributed by atoms with Crippen molar-refractivity contribution in [2.24, 2.45) is 5.73 Å². The first-order chi connectivity index (χ1) is 9.69. The molecule has 2 rings (SSSR count). The molecule has 5 heteroatoms. The predicted octanol–water partition coefficient (Wildman–Crippen LogP) is 2.45. The topological polar surface area (TPSA) is 47.7 Å². The van der Waals surface area contributed by atoms with E-state index in [0.717, 1.165) is 31.7 Å². The minimum atomic E-state index is 0. The van der Waals surface area contributed by atoms with Gasteiger partial charge in [-0.05, 0) is 44.5 Å². The van der Waals surface area contributed by atoms with E-state index in [1.807, 2.05) is 12.1 Å². The van der Waals surface area contributed by atoms with Gasteiger partial charge in [0.25, 0.3) is 0 Å². The maximum atomic E-state index is 5.76. The summed E-state index contributed by atoms with van der Waals surface area (Å²) in [4.78, 5) is 2.25. The highest BCUT2D eigenvalue weighted by Crippen LogP contribution is 2.17. The number of benzene rings is 1. The Morgan fingerprint density at radius 1 is 1.38 bits per heavy atom. The minimum Gasteiger partial charge on any atom is -0.491 e. The number of rotatable bonds is 7. The lowest BCUT2D eigenvalue weighted by Crippen LogP contribution is -2.34. The molecule has 2 atom stereocenters. The number of nitrogens with two attached hydrogens (primary N) is 1. The summed E-state index contributed by atoms with van der Waals surface area (Å²) >= 11 is 0. The van der Waals surface area contributed by atoms with Crippen molar-refractivity contribution >= 4 is 12.4 Å². The molecule has 0 bridgehead atoms. The molecule has 0 saturated carbocycles. The summed E-state index contributed by atoms with van der Waals surface area (Å²) in [7, 11) is 2.10. The fraction of sp³-hybridized carbons (Fsp3) is 0.625. The fourth-order valence-electron chi connectivity index (χ4n) is 2.28. The molecule has 1 aromatic rings. The Hall–Kier alpha value is -0.810. The summed E-state index contributed by atoms with van der Waals surface area (Å²) in [5.74, 6) is 0.916. The van der Waals surface area contributed by atoms with Gasteiger partial charge in [0.15, 0.2) is 0 Å². The van der Waals surface area contributed by atoms with Crippen LogP contribution in [0.5, 0.6) is 5.75 Å². The van der Waals surface area contributed by atoms with E-state index in [2.05, 4.69) is 31.0 Å². The third-order valence-corrected chi connectivity index (χ3v) is 3.91. The zero-order chi connectivity index (χ0) is 14.4. The lowest BCUT2D eigenvalue weighted by atomic mass is 10.2. The van der Waals surface area contributed by atoms with Gasteiger partial charge in [-0.2, -0.15) is 0 Å². The lowest BCUT2D eigenvalue weighted by Gasteiger charge is -2.23. The van der Waals surface area contributed by atoms with Gasteiger partial charge in [-0.3, -0.25) is 4.90 Å². The second kappa shape index (κ2) is 9.26. The molecule has 0 aromatic heterocycles. The molecular weight excluding hydrogens is 288 g/mol. The zero-order valence-electron chi connectivity index (χ0n) is 13.0. The Morgan fingerprint density at radius 2 is 2.10 bits per heavy atom. The molecule has 2 N–H and O–H groups in total. The number of halogens is 1. The minimum absolute atomic E-state index is 0. The highest BCUT2D eigenvalue weighted by molar-refractivity contribution is 5.85. The maximum absolute atomic E-state index is 5.76. The molecule has 1 aliphatic rings. The van der Waals surface area contributed by atoms with Crippen molar-refractivity contribution < 1.29 is 9.47 Å². The molecular formula is C16H27ClN2O2. The van der Waals surface area contributed by atoms with E-state index in [-0.39, 0.29) is 18.5 Å². The number of hydrogen-bond acceptors (Lipinski definition) is 4. The van der Waals surface area contributed by atoms with Gasteiger partial charge in [0.05, 0.1) is 6.10 Å². The number of hydrogen-bond donors (Lipinski definition) is 1. The summed E-state index contributed by atoms with van der Waals surface area (Å²) in [5, 5.41) is 0. The summed E-state index contributed by atoms with van der Waals surface area (Å²) in [6.07, 6.45) is 2.53. The van der Waals surface area contributed by atoms with E-state index in [0.29, 0.717) is 19.2 Å². The Labute approximate surface area is 134 Å². The van der Waals surface area contributed by atoms with Gasteiger partial charge >= 0.3 is 0 Å². The molecule has 1 heterocycles. The Balaban J connectivity index is 0.00000220. The summed E-state index contributed by atoms with van der Waals surface area (Å²) in [6, 6.07) is 8.69. The van der Waals surface area contributed by atoms with Gasteiger partial charge in [0, 0.05) is 25.7 Å². The first-order valence-corrected chi connectivity index (χ1v) is 7.42. The molecule has 0 spiro atoms. The first kappa shape index (κ1) is 18.2. The molecule has 120 valence electrons. The SMILES string of the molecule is CC(CN)N(C)Cc1ccc(OCC2CCCO2)cc1.Cl. The van der Waals surface area contributed by atoms with Crippen molar-refractivity contribution in [2.75, 3.05) is 26.8 Å². The van der Waals surface area contributed by atoms with Crippen LogP contribution in [-0.2, 0) is 11.3 Å². The van der Waals surface area contributed by atoms with Crippen molar-refractivity contribution in [1.82, 2.24) is 4.90 Å². The van der Waals surface area contributed by atoms with Gasteiger partial charge in [-0.15, -0.1) is 12.4 Å². The molecule has 0 radical (unpaired) electrons. The monoisotopic (exact) mass is 314 g/mol. The van der Waals surface area contributed by atoms with E-state index >= 15 is 0 Å². The highest BCUT2D eigenvalue weighted by Gasteiger charge is 2.15. The maximum Gasteiger partial charge on any atom is 0.119 e. The Bertz CT molecular complexity index is 394. The van der Waals surface area contributed by atoms with Crippen LogP contribution in [0, 0.1) is 0 Å². The quantitative estimate of drug-likeness (QED) is 0.840. The second-order valence-corrected chi connectivity index (χ2v) is 5.59. The number of ether oxygens (including phenoxy) is 2. The molecule has 0 amide bonds. The first-order valence-electron chi connectivity index (χ1n) is 7.42. The van der Waals surface area contributed by atoms with Gasteiger partial charge in [0.1, 0.15) is 12.4 Å². The van der Waals surface area contributed by atoms with Crippen molar-refractivity contribution in [3.63, 3.8) is 0 Å². The predicted molar refractivity (Wildman–Crippen MR) is 88.1 cm³/mol. The van der Waals surface area contributed by atoms with Crippen molar-refractivity contribution in [1.29, 1.82) is 0 Å². The Kier molecular flexibility index (Phi) is 8.04. The van der Waals surface area contributed by atoms with E-state index < -0.39 is 0 Å². The van der Waals surface area contributed by atoms with Crippen LogP contribution in [0.15, 0.2) is 24.3 Å². The van der Waals surface area contributed by atoms with Crippen molar-refractivity contribution in [2.45, 2.75) is 38.5 Å². The average Bonchev–Trinajstić information content (AvgIpc) is 2.99. The molecule has 4 nitrogen and oxygen atoms in total. The zero-order valence-corrected chi connectivity index (χ0v) is 13.8. The fourth-order valence-corrected chi connectivity index (χ4v) is 2.28. The van der Waals surface area contributed by atoms with Crippen LogP contribution in [0.1, 0.15) is 25.3 Å². The van der Waals surface area contributed by atoms with Crippen LogP contribution in [0.25, 0.3) is 0 Å². The van der Waals surface area contributed by atoms with E-state index in [4.69, 9.17) is 15.2 Å². The summed E-state index contributed by atoms with van der Waals surface area (Å²) in [6.45, 7) is 5.25. The third kappa shape index (κ3) is 5.83. The van der Waals surface area contributed by atoms with Gasteiger partial charge < -0.3 is 15.2 Å².